The zero-order valence-electron chi connectivity index (χ0n) is 26.0. The lowest BCUT2D eigenvalue weighted by molar-refractivity contribution is -0.295. The SMILES string of the molecule is COOC[C@H]1O[C@](n2cnc3c(NC(=O)c4ccccc4)ncnc32)(C(c2ccccc2)(c2ccccc2)c2ccccc2)[C@H](O)[C@@H]1O. The van der Waals surface area contributed by atoms with E-state index in [0.29, 0.717) is 5.56 Å². The summed E-state index contributed by atoms with van der Waals surface area (Å²) in [5.74, 6) is -0.212. The molecule has 3 heterocycles. The van der Waals surface area contributed by atoms with E-state index in [2.05, 4.69) is 15.3 Å². The zero-order valence-corrected chi connectivity index (χ0v) is 26.0. The van der Waals surface area contributed by atoms with Crippen molar-refractivity contribution in [1.29, 1.82) is 0 Å². The van der Waals surface area contributed by atoms with Gasteiger partial charge in [-0.3, -0.25) is 9.36 Å². The van der Waals surface area contributed by atoms with E-state index in [4.69, 9.17) is 19.5 Å². The monoisotopic (exact) mass is 643 g/mol. The van der Waals surface area contributed by atoms with Crippen LogP contribution in [0.5, 0.6) is 0 Å². The van der Waals surface area contributed by atoms with Crippen LogP contribution in [0.3, 0.4) is 0 Å². The van der Waals surface area contributed by atoms with Crippen molar-refractivity contribution in [2.24, 2.45) is 0 Å². The first kappa shape index (κ1) is 31.3. The van der Waals surface area contributed by atoms with Crippen molar-refractivity contribution in [3.8, 4) is 0 Å². The van der Waals surface area contributed by atoms with Crippen molar-refractivity contribution < 1.29 is 29.5 Å². The number of hydrogen-bond acceptors (Lipinski definition) is 9. The topological polar surface area (TPSA) is 141 Å². The molecule has 1 aliphatic rings. The molecule has 6 aromatic rings. The maximum Gasteiger partial charge on any atom is 0.256 e. The molecule has 1 saturated heterocycles. The van der Waals surface area contributed by atoms with Crippen molar-refractivity contribution in [3.63, 3.8) is 0 Å². The van der Waals surface area contributed by atoms with E-state index in [1.54, 1.807) is 28.8 Å². The standard InChI is InChI=1S/C37H33N5O6/c1-46-47-22-29-31(43)32(44)37(48-29,42-24-40-30-33(38-23-39-34(30)42)41-35(45)25-14-6-2-7-15-25)36(26-16-8-3-9-17-26,27-18-10-4-11-19-27)28-20-12-5-13-21-28/h2-21,23-24,29,31-32,43-44H,22H2,1H3,(H,38,39,41,45)/t29-,31-,32-,37+/m1/s1. The second-order valence-corrected chi connectivity index (χ2v) is 11.4. The van der Waals surface area contributed by atoms with Crippen molar-refractivity contribution in [3.05, 3.63) is 156 Å². The van der Waals surface area contributed by atoms with Gasteiger partial charge in [-0.2, -0.15) is 0 Å². The van der Waals surface area contributed by atoms with Crippen LogP contribution in [0.1, 0.15) is 27.0 Å². The molecule has 242 valence electrons. The number of hydrogen-bond donors (Lipinski definition) is 3. The Morgan fingerprint density at radius 3 is 1.92 bits per heavy atom. The predicted molar refractivity (Wildman–Crippen MR) is 177 cm³/mol. The molecule has 1 amide bonds. The van der Waals surface area contributed by atoms with Gasteiger partial charge in [0, 0.05) is 5.56 Å². The fourth-order valence-electron chi connectivity index (χ4n) is 6.89. The van der Waals surface area contributed by atoms with E-state index in [0.717, 1.165) is 16.7 Å². The molecular formula is C37H33N5O6. The molecule has 11 heteroatoms. The summed E-state index contributed by atoms with van der Waals surface area (Å²) in [4.78, 5) is 37.0. The number of aliphatic hydroxyl groups excluding tert-OH is 2. The van der Waals surface area contributed by atoms with E-state index in [-0.39, 0.29) is 29.5 Å². The first-order chi connectivity index (χ1) is 23.5. The number of carbonyl (C=O) groups is 1. The minimum absolute atomic E-state index is 0.166. The van der Waals surface area contributed by atoms with Gasteiger partial charge in [0.15, 0.2) is 22.7 Å². The van der Waals surface area contributed by atoms with Gasteiger partial charge in [-0.15, -0.1) is 0 Å². The average molecular weight is 644 g/mol. The number of anilines is 1. The van der Waals surface area contributed by atoms with Crippen LogP contribution in [0.25, 0.3) is 11.2 Å². The highest BCUT2D eigenvalue weighted by atomic mass is 17.2. The quantitative estimate of drug-likeness (QED) is 0.112. The number of ether oxygens (including phenoxy) is 1. The van der Waals surface area contributed by atoms with Crippen LogP contribution in [0, 0.1) is 0 Å². The van der Waals surface area contributed by atoms with Crippen LogP contribution in [0.15, 0.2) is 134 Å². The van der Waals surface area contributed by atoms with Gasteiger partial charge in [0.1, 0.15) is 31.2 Å². The molecule has 0 saturated carbocycles. The van der Waals surface area contributed by atoms with Gasteiger partial charge in [-0.25, -0.2) is 24.7 Å². The summed E-state index contributed by atoms with van der Waals surface area (Å²) >= 11 is 0. The van der Waals surface area contributed by atoms with Gasteiger partial charge in [0.2, 0.25) is 0 Å². The maximum absolute atomic E-state index is 13.2. The zero-order chi connectivity index (χ0) is 33.1. The van der Waals surface area contributed by atoms with Crippen LogP contribution in [0.4, 0.5) is 5.82 Å². The lowest BCUT2D eigenvalue weighted by Crippen LogP contribution is -2.61. The summed E-state index contributed by atoms with van der Waals surface area (Å²) in [6.45, 7) is -0.190. The largest absolute Gasteiger partial charge is 0.387 e. The minimum Gasteiger partial charge on any atom is -0.387 e. The van der Waals surface area contributed by atoms with E-state index < -0.39 is 29.5 Å². The minimum atomic E-state index is -1.86. The summed E-state index contributed by atoms with van der Waals surface area (Å²) in [5.41, 5.74) is 0.0234. The number of fused-ring (bicyclic) bond motifs is 1. The molecule has 48 heavy (non-hydrogen) atoms. The number of aliphatic hydroxyl groups is 2. The summed E-state index contributed by atoms with van der Waals surface area (Å²) in [6, 6.07) is 37.7. The molecule has 0 unspecified atom stereocenters. The third-order valence-electron chi connectivity index (χ3n) is 8.90. The molecule has 0 aliphatic carbocycles. The number of imidazole rings is 1. The number of nitrogens with zero attached hydrogens (tertiary/aromatic N) is 4. The Labute approximate surface area is 276 Å². The van der Waals surface area contributed by atoms with Gasteiger partial charge in [-0.05, 0) is 28.8 Å². The molecule has 0 bridgehead atoms. The Balaban J connectivity index is 1.54. The van der Waals surface area contributed by atoms with E-state index in [9.17, 15) is 15.0 Å². The first-order valence-corrected chi connectivity index (χ1v) is 15.4. The van der Waals surface area contributed by atoms with E-state index >= 15 is 0 Å². The Morgan fingerprint density at radius 2 is 1.38 bits per heavy atom. The van der Waals surface area contributed by atoms with Crippen molar-refractivity contribution in [1.82, 2.24) is 19.5 Å². The highest BCUT2D eigenvalue weighted by Gasteiger charge is 2.68. The third kappa shape index (κ3) is 4.96. The lowest BCUT2D eigenvalue weighted by Gasteiger charge is -2.51. The van der Waals surface area contributed by atoms with Crippen LogP contribution < -0.4 is 5.32 Å². The second kappa shape index (κ2) is 13.1. The second-order valence-electron chi connectivity index (χ2n) is 11.4. The summed E-state index contributed by atoms with van der Waals surface area (Å²) in [6.07, 6.45) is -1.26. The van der Waals surface area contributed by atoms with Gasteiger partial charge >= 0.3 is 0 Å². The molecule has 0 spiro atoms. The van der Waals surface area contributed by atoms with Crippen molar-refractivity contribution in [2.75, 3.05) is 19.0 Å². The van der Waals surface area contributed by atoms with Gasteiger partial charge in [0.05, 0.1) is 18.9 Å². The van der Waals surface area contributed by atoms with Crippen LogP contribution in [0.2, 0.25) is 0 Å². The summed E-state index contributed by atoms with van der Waals surface area (Å²) < 4.78 is 8.65. The smallest absolute Gasteiger partial charge is 0.256 e. The molecule has 0 radical (unpaired) electrons. The number of nitrogens with one attached hydrogen (secondary N) is 1. The van der Waals surface area contributed by atoms with E-state index in [1.165, 1.54) is 19.8 Å². The number of amides is 1. The van der Waals surface area contributed by atoms with E-state index in [1.807, 2.05) is 97.1 Å². The molecule has 7 rings (SSSR count). The van der Waals surface area contributed by atoms with Gasteiger partial charge in [-0.1, -0.05) is 109 Å². The molecular weight excluding hydrogens is 610 g/mol. The molecule has 4 aromatic carbocycles. The Kier molecular flexibility index (Phi) is 8.52. The average Bonchev–Trinajstić information content (AvgIpc) is 3.69. The highest BCUT2D eigenvalue weighted by Crippen LogP contribution is 2.57. The van der Waals surface area contributed by atoms with Gasteiger partial charge < -0.3 is 20.3 Å². The third-order valence-corrected chi connectivity index (χ3v) is 8.90. The Morgan fingerprint density at radius 1 is 0.833 bits per heavy atom. The first-order valence-electron chi connectivity index (χ1n) is 15.4. The Bertz CT molecular complexity index is 1900. The fraction of sp³-hybridized carbons (Fsp3) is 0.189. The molecule has 1 aliphatic heterocycles. The number of rotatable bonds is 10. The van der Waals surface area contributed by atoms with Crippen LogP contribution in [-0.4, -0.2) is 67.7 Å². The van der Waals surface area contributed by atoms with Crippen molar-refractivity contribution in [2.45, 2.75) is 29.5 Å². The lowest BCUT2D eigenvalue weighted by atomic mass is 9.60. The van der Waals surface area contributed by atoms with Gasteiger partial charge in [0.25, 0.3) is 5.91 Å². The number of aromatic nitrogens is 4. The normalized spacial score (nSPS) is 20.9. The predicted octanol–water partition coefficient (Wildman–Crippen LogP) is 4.46. The Hall–Kier alpha value is -5.30. The van der Waals surface area contributed by atoms with Crippen LogP contribution >= 0.6 is 0 Å². The number of carbonyl (C=O) groups excluding carboxylic acids is 1. The number of benzene rings is 4. The maximum atomic E-state index is 13.2. The summed E-state index contributed by atoms with van der Waals surface area (Å²) in [5, 5.41) is 27.2. The fourth-order valence-corrected chi connectivity index (χ4v) is 6.89. The van der Waals surface area contributed by atoms with Crippen LogP contribution in [-0.2, 0) is 25.7 Å². The molecule has 2 aromatic heterocycles. The molecule has 4 atom stereocenters. The highest BCUT2D eigenvalue weighted by molar-refractivity contribution is 6.06. The summed E-state index contributed by atoms with van der Waals surface area (Å²) in [7, 11) is 1.36. The molecule has 1 fully saturated rings. The molecule has 3 N–H and O–H groups in total. The van der Waals surface area contributed by atoms with Crippen molar-refractivity contribution >= 4 is 22.9 Å². The molecule has 11 nitrogen and oxygen atoms in total.